The van der Waals surface area contributed by atoms with Crippen LogP contribution in [0.5, 0.6) is 5.75 Å². The van der Waals surface area contributed by atoms with Crippen molar-refractivity contribution in [3.05, 3.63) is 65.2 Å². The van der Waals surface area contributed by atoms with Gasteiger partial charge in [-0.1, -0.05) is 46.2 Å². The molecule has 0 saturated carbocycles. The molecule has 9 heteroatoms. The number of piperidine rings is 1. The van der Waals surface area contributed by atoms with Gasteiger partial charge in [0.25, 0.3) is 0 Å². The number of alkyl halides is 3. The third-order valence-corrected chi connectivity index (χ3v) is 8.74. The second-order valence-corrected chi connectivity index (χ2v) is 12.0. The first-order valence-corrected chi connectivity index (χ1v) is 14.9. The molecule has 0 amide bonds. The van der Waals surface area contributed by atoms with E-state index in [2.05, 4.69) is 23.5 Å². The zero-order valence-electron chi connectivity index (χ0n) is 25.3. The maximum absolute atomic E-state index is 13.1. The Bertz CT molecular complexity index is 1140. The molecule has 4 nitrogen and oxygen atoms in total. The first-order valence-electron chi connectivity index (χ1n) is 14.9. The van der Waals surface area contributed by atoms with Gasteiger partial charge >= 0.3 is 6.36 Å². The van der Waals surface area contributed by atoms with Crippen LogP contribution < -0.4 is 4.74 Å². The molecule has 42 heavy (non-hydrogen) atoms. The second-order valence-electron chi connectivity index (χ2n) is 12.0. The summed E-state index contributed by atoms with van der Waals surface area (Å²) in [4.78, 5) is 14.6. The Hall–Kier alpha value is -2.52. The summed E-state index contributed by atoms with van der Waals surface area (Å²) in [5.41, 5.74) is 1.18. The lowest BCUT2D eigenvalue weighted by molar-refractivity contribution is -0.274. The molecular formula is C33H44F5NO3. The summed E-state index contributed by atoms with van der Waals surface area (Å²) >= 11 is 0. The highest BCUT2D eigenvalue weighted by Gasteiger charge is 2.44. The van der Waals surface area contributed by atoms with Crippen LogP contribution in [0.1, 0.15) is 83.8 Å². The van der Waals surface area contributed by atoms with Crippen molar-refractivity contribution < 1.29 is 36.2 Å². The van der Waals surface area contributed by atoms with Crippen LogP contribution in [0.4, 0.5) is 22.0 Å². The van der Waals surface area contributed by atoms with Gasteiger partial charge in [0.2, 0.25) is 0 Å². The number of nitrogens with zero attached hydrogens (tertiary/aromatic N) is 1. The molecule has 2 aromatic rings. The van der Waals surface area contributed by atoms with Gasteiger partial charge in [0.05, 0.1) is 6.61 Å². The Morgan fingerprint density at radius 1 is 1.02 bits per heavy atom. The van der Waals surface area contributed by atoms with Gasteiger partial charge in [-0.2, -0.15) is 0 Å². The smallest absolute Gasteiger partial charge is 0.406 e. The largest absolute Gasteiger partial charge is 0.573 e. The molecule has 3 unspecified atom stereocenters. The minimum atomic E-state index is -4.79. The van der Waals surface area contributed by atoms with Crippen molar-refractivity contribution in [1.82, 2.24) is 4.90 Å². The van der Waals surface area contributed by atoms with E-state index in [1.807, 2.05) is 26.0 Å². The van der Waals surface area contributed by atoms with Gasteiger partial charge in [-0.05, 0) is 105 Å². The topological polar surface area (TPSA) is 38.8 Å². The average molecular weight is 598 g/mol. The summed E-state index contributed by atoms with van der Waals surface area (Å²) in [5, 5.41) is 0. The van der Waals surface area contributed by atoms with Crippen LogP contribution in [0.15, 0.2) is 42.5 Å². The van der Waals surface area contributed by atoms with E-state index in [0.717, 1.165) is 51.3 Å². The van der Waals surface area contributed by atoms with Crippen LogP contribution in [0.3, 0.4) is 0 Å². The fraction of sp³-hybridized carbons (Fsp3) is 0.606. The van der Waals surface area contributed by atoms with E-state index in [1.54, 1.807) is 19.1 Å². The molecule has 4 rings (SSSR count). The molecule has 0 radical (unpaired) electrons. The van der Waals surface area contributed by atoms with Crippen LogP contribution in [0, 0.1) is 23.5 Å². The van der Waals surface area contributed by atoms with Crippen molar-refractivity contribution in [2.75, 3.05) is 19.7 Å². The summed E-state index contributed by atoms with van der Waals surface area (Å²) < 4.78 is 72.0. The number of benzene rings is 2. The Morgan fingerprint density at radius 3 is 2.17 bits per heavy atom. The molecule has 0 spiro atoms. The summed E-state index contributed by atoms with van der Waals surface area (Å²) in [6.07, 6.45) is 0.672. The van der Waals surface area contributed by atoms with E-state index >= 15 is 0 Å². The molecule has 2 aliphatic heterocycles. The lowest BCUT2D eigenvalue weighted by atomic mass is 9.79. The Kier molecular flexibility index (Phi) is 12.0. The van der Waals surface area contributed by atoms with Gasteiger partial charge in [0, 0.05) is 12.1 Å². The highest BCUT2D eigenvalue weighted by atomic mass is 19.4. The first kappa shape index (κ1) is 34.0. The Balaban J connectivity index is 0.000000250. The third kappa shape index (κ3) is 9.49. The number of rotatable bonds is 8. The van der Waals surface area contributed by atoms with E-state index < -0.39 is 23.5 Å². The molecule has 0 N–H and O–H groups in total. The summed E-state index contributed by atoms with van der Waals surface area (Å²) in [5.74, 6) is -0.199. The average Bonchev–Trinajstić information content (AvgIpc) is 2.92. The first-order chi connectivity index (χ1) is 19.7. The van der Waals surface area contributed by atoms with Crippen LogP contribution in [-0.4, -0.2) is 48.4 Å². The maximum atomic E-state index is 13.1. The number of carbonyl (C=O) groups is 1. The zero-order chi connectivity index (χ0) is 31.1. The van der Waals surface area contributed by atoms with Crippen molar-refractivity contribution in [2.45, 2.75) is 97.1 Å². The van der Waals surface area contributed by atoms with Crippen LogP contribution in [-0.2, 0) is 16.0 Å². The monoisotopic (exact) mass is 597 g/mol. The van der Waals surface area contributed by atoms with E-state index in [0.29, 0.717) is 30.6 Å². The number of hydrogen-bond donors (Lipinski definition) is 0. The molecule has 2 aromatic carbocycles. The van der Waals surface area contributed by atoms with Crippen molar-refractivity contribution in [3.8, 4) is 5.75 Å². The molecule has 0 aromatic heterocycles. The minimum Gasteiger partial charge on any atom is -0.406 e. The van der Waals surface area contributed by atoms with Gasteiger partial charge in [-0.15, -0.1) is 13.2 Å². The number of halogens is 5. The molecule has 3 atom stereocenters. The van der Waals surface area contributed by atoms with E-state index in [-0.39, 0.29) is 23.4 Å². The Morgan fingerprint density at radius 2 is 1.67 bits per heavy atom. The van der Waals surface area contributed by atoms with Crippen molar-refractivity contribution in [1.29, 1.82) is 0 Å². The van der Waals surface area contributed by atoms with E-state index in [1.165, 1.54) is 17.7 Å². The van der Waals surface area contributed by atoms with Crippen LogP contribution in [0.2, 0.25) is 0 Å². The van der Waals surface area contributed by atoms with Crippen LogP contribution in [0.25, 0.3) is 0 Å². The summed E-state index contributed by atoms with van der Waals surface area (Å²) in [6, 6.07) is 10.6. The fourth-order valence-electron chi connectivity index (χ4n) is 6.02. The van der Waals surface area contributed by atoms with Gasteiger partial charge in [0.1, 0.15) is 23.0 Å². The molecule has 2 aliphatic rings. The van der Waals surface area contributed by atoms with E-state index in [9.17, 15) is 26.7 Å². The summed E-state index contributed by atoms with van der Waals surface area (Å²) in [6.45, 7) is 12.5. The molecule has 0 aliphatic carbocycles. The van der Waals surface area contributed by atoms with Crippen LogP contribution >= 0.6 is 0 Å². The van der Waals surface area contributed by atoms with Crippen molar-refractivity contribution >= 4 is 5.78 Å². The Labute approximate surface area is 246 Å². The fourth-order valence-corrected chi connectivity index (χ4v) is 6.02. The highest BCUT2D eigenvalue weighted by molar-refractivity contribution is 5.85. The standard InChI is InChI=1S/C21H30FNO2.C12H14F4O/c1-15(2)21(16(3)24)11-8-20(14-25-21)23-12-9-18(10-13-23)17-4-6-19(22)7-5-17;1-3-8(2)4-9-5-10(13)7-11(6-9)17-12(14,15)16/h4-7,15,18,20H,8-14H2,1-3H3;5-8H,3-4H2,1-2H3. The number of hydrogen-bond acceptors (Lipinski definition) is 4. The molecule has 2 heterocycles. The number of ketones is 1. The van der Waals surface area contributed by atoms with Crippen molar-refractivity contribution in [3.63, 3.8) is 0 Å². The SMILES string of the molecule is CC(=O)C1(C(C)C)CCC(N2CCC(c3ccc(F)cc3)CC2)CO1.CCC(C)Cc1cc(F)cc(OC(F)(F)F)c1. The highest BCUT2D eigenvalue weighted by Crippen LogP contribution is 2.36. The van der Waals surface area contributed by atoms with E-state index in [4.69, 9.17) is 4.74 Å². The number of likely N-dealkylation sites (tertiary alicyclic amines) is 1. The quantitative estimate of drug-likeness (QED) is 0.286. The zero-order valence-corrected chi connectivity index (χ0v) is 25.3. The molecular weight excluding hydrogens is 553 g/mol. The normalized spacial score (nSPS) is 22.8. The molecule has 0 bridgehead atoms. The molecule has 234 valence electrons. The number of carbonyl (C=O) groups excluding carboxylic acids is 1. The second kappa shape index (κ2) is 14.8. The predicted molar refractivity (Wildman–Crippen MR) is 153 cm³/mol. The van der Waals surface area contributed by atoms with Gasteiger partial charge < -0.3 is 9.47 Å². The molecule has 2 fully saturated rings. The van der Waals surface area contributed by atoms with Gasteiger partial charge in [-0.3, -0.25) is 9.69 Å². The van der Waals surface area contributed by atoms with Crippen molar-refractivity contribution in [2.24, 2.45) is 11.8 Å². The summed E-state index contributed by atoms with van der Waals surface area (Å²) in [7, 11) is 0. The van der Waals surface area contributed by atoms with Gasteiger partial charge in [-0.25, -0.2) is 8.78 Å². The lowest BCUT2D eigenvalue weighted by Crippen LogP contribution is -2.55. The molecule has 2 saturated heterocycles. The maximum Gasteiger partial charge on any atom is 0.573 e. The minimum absolute atomic E-state index is 0.163. The van der Waals surface area contributed by atoms with Gasteiger partial charge in [0.15, 0.2) is 5.78 Å². The third-order valence-electron chi connectivity index (χ3n) is 8.74. The lowest BCUT2D eigenvalue weighted by Gasteiger charge is -2.46. The predicted octanol–water partition coefficient (Wildman–Crippen LogP) is 8.48. The number of ether oxygens (including phenoxy) is 2. The number of Topliss-reactive ketones (excluding diaryl/α,β-unsaturated/α-hetero) is 1.